The highest BCUT2D eigenvalue weighted by molar-refractivity contribution is 6.05. The number of hydrogen-bond acceptors (Lipinski definition) is 4. The topological polar surface area (TPSA) is 58.1 Å². The highest BCUT2D eigenvalue weighted by Gasteiger charge is 2.26. The van der Waals surface area contributed by atoms with Crippen LogP contribution in [0.4, 0.5) is 5.69 Å². The molecule has 1 aromatic heterocycles. The van der Waals surface area contributed by atoms with Crippen molar-refractivity contribution in [1.29, 1.82) is 0 Å². The van der Waals surface area contributed by atoms with Crippen LogP contribution in [0.25, 0.3) is 11.3 Å². The summed E-state index contributed by atoms with van der Waals surface area (Å²) < 4.78 is 0. The predicted molar refractivity (Wildman–Crippen MR) is 118 cm³/mol. The molecule has 0 saturated heterocycles. The molecular formula is C25H26N4O. The second-order valence-corrected chi connectivity index (χ2v) is 8.23. The average Bonchev–Trinajstić information content (AvgIpc) is 2.96. The number of nitrogens with zero attached hydrogens (tertiary/aromatic N) is 3. The van der Waals surface area contributed by atoms with E-state index in [1.54, 1.807) is 18.6 Å². The number of rotatable bonds is 4. The van der Waals surface area contributed by atoms with Gasteiger partial charge in [-0.25, -0.2) is 0 Å². The Bertz CT molecular complexity index is 1050. The molecule has 1 fully saturated rings. The number of carbonyl (C=O) groups excluding carboxylic acids is 1. The standard InChI is InChI=1S/C25H26N4O/c30-25(21-4-1-3-20(15-21)24-17-26-11-12-27-24)28-22-8-7-18-9-13-29(23-5-2-6-23)14-10-19(18)16-22/h1,3-4,7-8,11-12,15-17,23H,2,5-6,9-10,13-14H2,(H,28,30). The predicted octanol–water partition coefficient (Wildman–Crippen LogP) is 4.35. The van der Waals surface area contributed by atoms with Crippen molar-refractivity contribution in [2.75, 3.05) is 18.4 Å². The lowest BCUT2D eigenvalue weighted by Crippen LogP contribution is -2.41. The van der Waals surface area contributed by atoms with Gasteiger partial charge in [0.2, 0.25) is 0 Å². The fraction of sp³-hybridized carbons (Fsp3) is 0.320. The van der Waals surface area contributed by atoms with Gasteiger partial charge in [0.15, 0.2) is 0 Å². The van der Waals surface area contributed by atoms with Crippen molar-refractivity contribution in [2.45, 2.75) is 38.1 Å². The van der Waals surface area contributed by atoms with Crippen LogP contribution in [0.15, 0.2) is 61.1 Å². The monoisotopic (exact) mass is 398 g/mol. The van der Waals surface area contributed by atoms with E-state index in [1.165, 1.54) is 30.4 Å². The van der Waals surface area contributed by atoms with Gasteiger partial charge in [0.05, 0.1) is 11.9 Å². The van der Waals surface area contributed by atoms with Crippen molar-refractivity contribution in [3.63, 3.8) is 0 Å². The zero-order chi connectivity index (χ0) is 20.3. The smallest absolute Gasteiger partial charge is 0.255 e. The van der Waals surface area contributed by atoms with Crippen LogP contribution in [0.1, 0.15) is 40.7 Å². The van der Waals surface area contributed by atoms with Crippen LogP contribution in [0.3, 0.4) is 0 Å². The minimum Gasteiger partial charge on any atom is -0.322 e. The third kappa shape index (κ3) is 3.98. The highest BCUT2D eigenvalue weighted by atomic mass is 16.1. The molecule has 3 aromatic rings. The molecule has 1 aliphatic heterocycles. The van der Waals surface area contributed by atoms with Gasteiger partial charge in [-0.05, 0) is 61.1 Å². The molecule has 1 saturated carbocycles. The largest absolute Gasteiger partial charge is 0.322 e. The lowest BCUT2D eigenvalue weighted by Gasteiger charge is -2.36. The number of hydrogen-bond donors (Lipinski definition) is 1. The van der Waals surface area contributed by atoms with E-state index >= 15 is 0 Å². The molecule has 5 nitrogen and oxygen atoms in total. The molecule has 2 aromatic carbocycles. The van der Waals surface area contributed by atoms with Gasteiger partial charge in [-0.15, -0.1) is 0 Å². The van der Waals surface area contributed by atoms with Gasteiger partial charge in [-0.1, -0.05) is 24.6 Å². The van der Waals surface area contributed by atoms with E-state index in [9.17, 15) is 4.79 Å². The van der Waals surface area contributed by atoms with Crippen molar-refractivity contribution in [2.24, 2.45) is 0 Å². The molecule has 1 N–H and O–H groups in total. The Morgan fingerprint density at radius 3 is 2.63 bits per heavy atom. The summed E-state index contributed by atoms with van der Waals surface area (Å²) in [7, 11) is 0. The first-order chi connectivity index (χ1) is 14.8. The summed E-state index contributed by atoms with van der Waals surface area (Å²) in [6, 6.07) is 14.7. The van der Waals surface area contributed by atoms with Crippen LogP contribution in [-0.4, -0.2) is 39.9 Å². The molecule has 0 spiro atoms. The summed E-state index contributed by atoms with van der Waals surface area (Å²) in [5.41, 5.74) is 5.90. The number of carbonyl (C=O) groups is 1. The number of fused-ring (bicyclic) bond motifs is 1. The SMILES string of the molecule is O=C(Nc1ccc2c(c1)CCN(C1CCC1)CC2)c1cccc(-c2cnccn2)c1. The van der Waals surface area contributed by atoms with Gasteiger partial charge in [0, 0.05) is 48.3 Å². The lowest BCUT2D eigenvalue weighted by atomic mass is 9.91. The van der Waals surface area contributed by atoms with Crippen LogP contribution in [0, 0.1) is 0 Å². The molecule has 1 amide bonds. The van der Waals surface area contributed by atoms with E-state index in [2.05, 4.69) is 32.3 Å². The van der Waals surface area contributed by atoms with Gasteiger partial charge >= 0.3 is 0 Å². The fourth-order valence-corrected chi connectivity index (χ4v) is 4.41. The van der Waals surface area contributed by atoms with E-state index in [1.807, 2.05) is 30.3 Å². The van der Waals surface area contributed by atoms with Crippen molar-refractivity contribution in [3.8, 4) is 11.3 Å². The molecule has 30 heavy (non-hydrogen) atoms. The molecule has 5 rings (SSSR count). The first kappa shape index (κ1) is 18.9. The number of amides is 1. The quantitative estimate of drug-likeness (QED) is 0.710. The number of nitrogens with one attached hydrogen (secondary N) is 1. The summed E-state index contributed by atoms with van der Waals surface area (Å²) in [5.74, 6) is -0.106. The fourth-order valence-electron chi connectivity index (χ4n) is 4.41. The number of anilines is 1. The van der Waals surface area contributed by atoms with Crippen LogP contribution >= 0.6 is 0 Å². The van der Waals surface area contributed by atoms with Crippen molar-refractivity contribution in [3.05, 3.63) is 77.7 Å². The Morgan fingerprint density at radius 2 is 1.87 bits per heavy atom. The van der Waals surface area contributed by atoms with E-state index < -0.39 is 0 Å². The molecule has 0 unspecified atom stereocenters. The van der Waals surface area contributed by atoms with E-state index in [4.69, 9.17) is 0 Å². The zero-order valence-electron chi connectivity index (χ0n) is 17.1. The van der Waals surface area contributed by atoms with Gasteiger partial charge < -0.3 is 5.32 Å². The summed E-state index contributed by atoms with van der Waals surface area (Å²) in [6.07, 6.45) is 11.2. The average molecular weight is 399 g/mol. The minimum absolute atomic E-state index is 0.106. The number of aromatic nitrogens is 2. The van der Waals surface area contributed by atoms with Crippen molar-refractivity contribution in [1.82, 2.24) is 14.9 Å². The van der Waals surface area contributed by atoms with Crippen LogP contribution < -0.4 is 5.32 Å². The van der Waals surface area contributed by atoms with Crippen LogP contribution in [0.5, 0.6) is 0 Å². The molecule has 0 radical (unpaired) electrons. The Balaban J connectivity index is 1.30. The second-order valence-electron chi connectivity index (χ2n) is 8.23. The second kappa shape index (κ2) is 8.36. The molecule has 2 heterocycles. The van der Waals surface area contributed by atoms with Gasteiger partial charge in [0.25, 0.3) is 5.91 Å². The zero-order valence-corrected chi connectivity index (χ0v) is 17.1. The maximum Gasteiger partial charge on any atom is 0.255 e. The molecule has 0 atom stereocenters. The van der Waals surface area contributed by atoms with Gasteiger partial charge in [0.1, 0.15) is 0 Å². The maximum atomic E-state index is 12.9. The van der Waals surface area contributed by atoms with Gasteiger partial charge in [-0.2, -0.15) is 0 Å². The van der Waals surface area contributed by atoms with Crippen LogP contribution in [0.2, 0.25) is 0 Å². The maximum absolute atomic E-state index is 12.9. The van der Waals surface area contributed by atoms with E-state index in [0.717, 1.165) is 48.9 Å². The van der Waals surface area contributed by atoms with Crippen molar-refractivity contribution >= 4 is 11.6 Å². The lowest BCUT2D eigenvalue weighted by molar-refractivity contribution is 0.102. The Kier molecular flexibility index (Phi) is 5.28. The molecular weight excluding hydrogens is 372 g/mol. The molecule has 2 aliphatic rings. The number of benzene rings is 2. The van der Waals surface area contributed by atoms with Gasteiger partial charge in [-0.3, -0.25) is 19.7 Å². The first-order valence-electron chi connectivity index (χ1n) is 10.8. The van der Waals surface area contributed by atoms with Crippen molar-refractivity contribution < 1.29 is 4.79 Å². The van der Waals surface area contributed by atoms with Crippen LogP contribution in [-0.2, 0) is 12.8 Å². The first-order valence-corrected chi connectivity index (χ1v) is 10.8. The third-order valence-corrected chi connectivity index (χ3v) is 6.38. The summed E-state index contributed by atoms with van der Waals surface area (Å²) in [4.78, 5) is 24.0. The Labute approximate surface area is 177 Å². The summed E-state index contributed by atoms with van der Waals surface area (Å²) in [5, 5.41) is 3.08. The third-order valence-electron chi connectivity index (χ3n) is 6.38. The Morgan fingerprint density at radius 1 is 1.00 bits per heavy atom. The molecule has 152 valence electrons. The van der Waals surface area contributed by atoms with E-state index in [0.29, 0.717) is 5.56 Å². The Hall–Kier alpha value is -3.05. The molecule has 5 heteroatoms. The highest BCUT2D eigenvalue weighted by Crippen LogP contribution is 2.28. The molecule has 1 aliphatic carbocycles. The minimum atomic E-state index is -0.106. The summed E-state index contributed by atoms with van der Waals surface area (Å²) >= 11 is 0. The summed E-state index contributed by atoms with van der Waals surface area (Å²) in [6.45, 7) is 2.27. The molecule has 0 bridgehead atoms. The van der Waals surface area contributed by atoms with E-state index in [-0.39, 0.29) is 5.91 Å². The normalized spacial score (nSPS) is 16.9.